The number of nitrogens with two attached hydrogens (primary N) is 1. The predicted octanol–water partition coefficient (Wildman–Crippen LogP) is -0.122. The van der Waals surface area contributed by atoms with E-state index >= 15 is 0 Å². The number of alkyl halides is 4. The molecule has 0 rings (SSSR count). The number of hydrogen-bond acceptors (Lipinski definition) is 2. The van der Waals surface area contributed by atoms with Crippen molar-refractivity contribution in [2.75, 3.05) is 6.54 Å². The fraction of sp³-hybridized carbons (Fsp3) is 0.667. The first-order valence-electron chi connectivity index (χ1n) is 3.51. The molecule has 0 heterocycles. The van der Waals surface area contributed by atoms with Gasteiger partial charge in [-0.05, 0) is 0 Å². The molecule has 0 bridgehead atoms. The van der Waals surface area contributed by atoms with Crippen LogP contribution in [0.25, 0.3) is 0 Å². The Hall–Kier alpha value is -1.34. The molecule has 0 aromatic rings. The van der Waals surface area contributed by atoms with E-state index in [2.05, 4.69) is 5.73 Å². The first-order valence-corrected chi connectivity index (χ1v) is 3.51. The fourth-order valence-corrected chi connectivity index (χ4v) is 0.516. The van der Waals surface area contributed by atoms with Gasteiger partial charge in [-0.1, -0.05) is 0 Å². The van der Waals surface area contributed by atoms with Crippen LogP contribution >= 0.6 is 0 Å². The second-order valence-electron chi connectivity index (χ2n) is 2.40. The highest BCUT2D eigenvalue weighted by Gasteiger charge is 2.48. The van der Waals surface area contributed by atoms with E-state index in [1.807, 2.05) is 0 Å². The average Bonchev–Trinajstić information content (AvgIpc) is 2.02. The lowest BCUT2D eigenvalue weighted by Crippen LogP contribution is -2.45. The number of hydrogen-bond donors (Lipinski definition) is 2. The highest BCUT2D eigenvalue weighted by molar-refractivity contribution is 5.84. The molecule has 3 N–H and O–H groups in total. The van der Waals surface area contributed by atoms with Gasteiger partial charge in [0.05, 0.1) is 0 Å². The third kappa shape index (κ3) is 3.58. The van der Waals surface area contributed by atoms with E-state index in [4.69, 9.17) is 0 Å². The topological polar surface area (TPSA) is 72.2 Å². The van der Waals surface area contributed by atoms with Crippen molar-refractivity contribution in [2.45, 2.75) is 18.8 Å². The van der Waals surface area contributed by atoms with E-state index < -0.39 is 30.7 Å². The molecular weight excluding hydrogens is 208 g/mol. The molecule has 8 heteroatoms. The Morgan fingerprint density at radius 1 is 1.36 bits per heavy atom. The molecule has 0 atom stereocenters. The van der Waals surface area contributed by atoms with Crippen LogP contribution in [0.3, 0.4) is 0 Å². The van der Waals surface area contributed by atoms with Gasteiger partial charge in [0.2, 0.25) is 5.91 Å². The Morgan fingerprint density at radius 3 is 2.21 bits per heavy atom. The SMILES string of the molecule is NC(=O)CCNC(=O)C(F)(F)C(F)F. The van der Waals surface area contributed by atoms with Crippen LogP contribution in [0.4, 0.5) is 17.6 Å². The minimum absolute atomic E-state index is 0.384. The van der Waals surface area contributed by atoms with E-state index in [1.165, 1.54) is 5.32 Å². The summed E-state index contributed by atoms with van der Waals surface area (Å²) in [6.07, 6.45) is -4.46. The van der Waals surface area contributed by atoms with Crippen molar-refractivity contribution in [2.24, 2.45) is 5.73 Å². The maximum atomic E-state index is 12.2. The molecule has 0 aliphatic carbocycles. The molecular formula is C6H8F4N2O2. The second-order valence-corrected chi connectivity index (χ2v) is 2.40. The van der Waals surface area contributed by atoms with E-state index in [0.717, 1.165) is 0 Å². The zero-order valence-electron chi connectivity index (χ0n) is 6.90. The zero-order valence-corrected chi connectivity index (χ0v) is 6.90. The minimum atomic E-state index is -4.74. The second kappa shape index (κ2) is 4.77. The molecule has 0 spiro atoms. The number of nitrogens with one attached hydrogen (secondary N) is 1. The van der Waals surface area contributed by atoms with Gasteiger partial charge >= 0.3 is 12.3 Å². The molecule has 0 aliphatic rings. The molecule has 4 nitrogen and oxygen atoms in total. The first-order chi connectivity index (χ1) is 6.28. The summed E-state index contributed by atoms with van der Waals surface area (Å²) in [5.41, 5.74) is 4.62. The van der Waals surface area contributed by atoms with Gasteiger partial charge in [0.15, 0.2) is 0 Å². The van der Waals surface area contributed by atoms with E-state index in [1.54, 1.807) is 0 Å². The van der Waals surface area contributed by atoms with Crippen LogP contribution in [-0.2, 0) is 9.59 Å². The van der Waals surface area contributed by atoms with Gasteiger partial charge < -0.3 is 11.1 Å². The van der Waals surface area contributed by atoms with Crippen molar-refractivity contribution < 1.29 is 27.2 Å². The van der Waals surface area contributed by atoms with Crippen LogP contribution < -0.4 is 11.1 Å². The van der Waals surface area contributed by atoms with Gasteiger partial charge in [-0.2, -0.15) is 8.78 Å². The van der Waals surface area contributed by atoms with Crippen molar-refractivity contribution in [3.8, 4) is 0 Å². The molecule has 0 saturated carbocycles. The zero-order chi connectivity index (χ0) is 11.4. The van der Waals surface area contributed by atoms with Crippen LogP contribution in [0.1, 0.15) is 6.42 Å². The molecule has 14 heavy (non-hydrogen) atoms. The van der Waals surface area contributed by atoms with Crippen molar-refractivity contribution in [3.05, 3.63) is 0 Å². The number of amides is 2. The smallest absolute Gasteiger partial charge is 0.370 e. The number of carbonyl (C=O) groups is 2. The summed E-state index contributed by atoms with van der Waals surface area (Å²) in [5.74, 6) is -7.68. The van der Waals surface area contributed by atoms with Gasteiger partial charge in [-0.3, -0.25) is 9.59 Å². The van der Waals surface area contributed by atoms with Gasteiger partial charge in [-0.15, -0.1) is 0 Å². The van der Waals surface area contributed by atoms with Crippen LogP contribution in [0.5, 0.6) is 0 Å². The van der Waals surface area contributed by atoms with E-state index in [9.17, 15) is 27.2 Å². The van der Waals surface area contributed by atoms with Gasteiger partial charge in [-0.25, -0.2) is 8.78 Å². The Labute approximate surface area is 76.4 Å². The molecule has 2 amide bonds. The van der Waals surface area contributed by atoms with E-state index in [0.29, 0.717) is 0 Å². The highest BCUT2D eigenvalue weighted by Crippen LogP contribution is 2.22. The average molecular weight is 216 g/mol. The largest absolute Gasteiger partial charge is 0.383 e. The quantitative estimate of drug-likeness (QED) is 0.629. The summed E-state index contributed by atoms with van der Waals surface area (Å²) in [6.45, 7) is -0.490. The van der Waals surface area contributed by atoms with Crippen LogP contribution in [0.15, 0.2) is 0 Å². The molecule has 82 valence electrons. The van der Waals surface area contributed by atoms with Crippen LogP contribution in [0.2, 0.25) is 0 Å². The van der Waals surface area contributed by atoms with Crippen LogP contribution in [-0.4, -0.2) is 30.7 Å². The highest BCUT2D eigenvalue weighted by atomic mass is 19.3. The monoisotopic (exact) mass is 216 g/mol. The van der Waals surface area contributed by atoms with Crippen LogP contribution in [0, 0.1) is 0 Å². The maximum Gasteiger partial charge on any atom is 0.383 e. The van der Waals surface area contributed by atoms with Crippen molar-refractivity contribution in [1.29, 1.82) is 0 Å². The number of primary amides is 1. The number of rotatable bonds is 5. The first kappa shape index (κ1) is 12.7. The lowest BCUT2D eigenvalue weighted by Gasteiger charge is -2.14. The molecule has 0 aliphatic heterocycles. The van der Waals surface area contributed by atoms with Gasteiger partial charge in [0, 0.05) is 13.0 Å². The lowest BCUT2D eigenvalue weighted by molar-refractivity contribution is -0.169. The normalized spacial score (nSPS) is 11.5. The van der Waals surface area contributed by atoms with Crippen molar-refractivity contribution in [3.63, 3.8) is 0 Å². The summed E-state index contributed by atoms with van der Waals surface area (Å²) < 4.78 is 47.5. The molecule has 0 unspecified atom stereocenters. The Morgan fingerprint density at radius 2 is 1.86 bits per heavy atom. The minimum Gasteiger partial charge on any atom is -0.370 e. The Kier molecular flexibility index (Phi) is 4.32. The van der Waals surface area contributed by atoms with E-state index in [-0.39, 0.29) is 6.42 Å². The Balaban J connectivity index is 4.02. The fourth-order valence-electron chi connectivity index (χ4n) is 0.516. The summed E-state index contributed by atoms with van der Waals surface area (Å²) in [5, 5.41) is 1.47. The summed E-state index contributed by atoms with van der Waals surface area (Å²) in [7, 11) is 0. The lowest BCUT2D eigenvalue weighted by atomic mass is 10.3. The summed E-state index contributed by atoms with van der Waals surface area (Å²) in [4.78, 5) is 20.5. The molecule has 0 aromatic heterocycles. The van der Waals surface area contributed by atoms with Gasteiger partial charge in [0.1, 0.15) is 0 Å². The standard InChI is InChI=1S/C6H8F4N2O2/c7-4(8)6(9,10)5(14)12-2-1-3(11)13/h4H,1-2H2,(H2,11,13)(H,12,14). The number of halogens is 4. The van der Waals surface area contributed by atoms with Gasteiger partial charge in [0.25, 0.3) is 5.91 Å². The molecule has 0 aromatic carbocycles. The maximum absolute atomic E-state index is 12.2. The Bertz CT molecular complexity index is 232. The van der Waals surface area contributed by atoms with Crippen molar-refractivity contribution in [1.82, 2.24) is 5.32 Å². The molecule has 0 fully saturated rings. The molecule has 0 saturated heterocycles. The molecule has 0 radical (unpaired) electrons. The third-order valence-corrected chi connectivity index (χ3v) is 1.23. The predicted molar refractivity (Wildman–Crippen MR) is 37.8 cm³/mol. The summed E-state index contributed by atoms with van der Waals surface area (Å²) >= 11 is 0. The number of carbonyl (C=O) groups excluding carboxylic acids is 2. The third-order valence-electron chi connectivity index (χ3n) is 1.23. The van der Waals surface area contributed by atoms with Crippen molar-refractivity contribution >= 4 is 11.8 Å². The summed E-state index contributed by atoms with van der Waals surface area (Å²) in [6, 6.07) is 0.